The number of hydrogen-bond acceptors (Lipinski definition) is 4. The van der Waals surface area contributed by atoms with Gasteiger partial charge in [-0.1, -0.05) is 13.3 Å². The molecule has 1 unspecified atom stereocenters. The second kappa shape index (κ2) is 7.51. The highest BCUT2D eigenvalue weighted by Crippen LogP contribution is 2.27. The summed E-state index contributed by atoms with van der Waals surface area (Å²) in [5.41, 5.74) is 11.2. The Labute approximate surface area is 113 Å². The van der Waals surface area contributed by atoms with Crippen LogP contribution in [0.4, 0.5) is 0 Å². The first-order chi connectivity index (χ1) is 8.58. The number of unbranched alkanes of at least 4 members (excludes halogenated alkanes) is 1. The summed E-state index contributed by atoms with van der Waals surface area (Å²) in [6.07, 6.45) is 2.14. The summed E-state index contributed by atoms with van der Waals surface area (Å²) in [5.74, 6) is -0.294. The smallest absolute Gasteiger partial charge is 0.231 e. The average Bonchev–Trinajstić information content (AvgIpc) is 2.72. The first kappa shape index (κ1) is 15.1. The van der Waals surface area contributed by atoms with Gasteiger partial charge in [0.25, 0.3) is 0 Å². The Balaban J connectivity index is 2.81. The van der Waals surface area contributed by atoms with Gasteiger partial charge in [-0.15, -0.1) is 11.3 Å². The Morgan fingerprint density at radius 3 is 2.67 bits per heavy atom. The number of hydrogen-bond donors (Lipinski definition) is 2. The number of carbonyl (C=O) groups is 1. The average molecular weight is 269 g/mol. The fourth-order valence-electron chi connectivity index (χ4n) is 1.98. The molecule has 18 heavy (non-hydrogen) atoms. The second-order valence-electron chi connectivity index (χ2n) is 4.49. The summed E-state index contributed by atoms with van der Waals surface area (Å²) in [7, 11) is 0. The first-order valence-corrected chi connectivity index (χ1v) is 7.18. The van der Waals surface area contributed by atoms with Crippen LogP contribution in [-0.2, 0) is 4.79 Å². The van der Waals surface area contributed by atoms with E-state index in [0.29, 0.717) is 6.54 Å². The molecule has 102 valence electrons. The van der Waals surface area contributed by atoms with Crippen LogP contribution < -0.4 is 11.5 Å². The molecule has 4 N–H and O–H groups in total. The molecule has 1 aromatic heterocycles. The topological polar surface area (TPSA) is 72.3 Å². The zero-order valence-corrected chi connectivity index (χ0v) is 12.0. The van der Waals surface area contributed by atoms with E-state index in [1.54, 1.807) is 11.3 Å². The van der Waals surface area contributed by atoms with Gasteiger partial charge in [0.1, 0.15) is 0 Å². The van der Waals surface area contributed by atoms with Gasteiger partial charge in [0, 0.05) is 16.3 Å². The minimum absolute atomic E-state index is 0.0998. The number of rotatable bonds is 8. The molecule has 0 saturated heterocycles. The molecule has 1 heterocycles. The molecule has 4 nitrogen and oxygen atoms in total. The lowest BCUT2D eigenvalue weighted by Gasteiger charge is -2.29. The monoisotopic (exact) mass is 269 g/mol. The molecule has 1 amide bonds. The zero-order chi connectivity index (χ0) is 13.5. The van der Waals surface area contributed by atoms with Crippen LogP contribution in [-0.4, -0.2) is 30.4 Å². The quantitative estimate of drug-likeness (QED) is 0.753. The molecule has 0 radical (unpaired) electrons. The second-order valence-corrected chi connectivity index (χ2v) is 5.81. The molecule has 0 bridgehead atoms. The molecule has 0 fully saturated rings. The summed E-state index contributed by atoms with van der Waals surface area (Å²) in [6, 6.07) is 4.28. The van der Waals surface area contributed by atoms with Crippen molar-refractivity contribution in [2.24, 2.45) is 11.5 Å². The fraction of sp³-hybridized carbons (Fsp3) is 0.615. The molecule has 0 spiro atoms. The molecule has 0 aliphatic heterocycles. The van der Waals surface area contributed by atoms with Crippen LogP contribution in [0.1, 0.15) is 35.6 Å². The molecular formula is C13H23N3OS. The molecule has 1 aromatic rings. The van der Waals surface area contributed by atoms with E-state index in [4.69, 9.17) is 11.5 Å². The number of nitrogens with two attached hydrogens (primary N) is 2. The Morgan fingerprint density at radius 2 is 2.22 bits per heavy atom. The highest BCUT2D eigenvalue weighted by Gasteiger charge is 2.21. The normalized spacial score (nSPS) is 12.9. The third kappa shape index (κ3) is 4.40. The summed E-state index contributed by atoms with van der Waals surface area (Å²) >= 11 is 1.74. The highest BCUT2D eigenvalue weighted by atomic mass is 32.1. The van der Waals surface area contributed by atoms with Gasteiger partial charge in [0.05, 0.1) is 12.6 Å². The van der Waals surface area contributed by atoms with Crippen molar-refractivity contribution in [2.45, 2.75) is 32.7 Å². The lowest BCUT2D eigenvalue weighted by molar-refractivity contribution is -0.119. The number of primary amides is 1. The van der Waals surface area contributed by atoms with Gasteiger partial charge in [-0.05, 0) is 32.0 Å². The predicted molar refractivity (Wildman–Crippen MR) is 76.5 cm³/mol. The lowest BCUT2D eigenvalue weighted by Crippen LogP contribution is -2.40. The standard InChI is InChI=1S/C13H23N3OS/c1-3-4-7-16(9-13(15)17)11(8-14)12-6-5-10(2)18-12/h5-6,11H,3-4,7-9,14H2,1-2H3,(H2,15,17). The van der Waals surface area contributed by atoms with Gasteiger partial charge >= 0.3 is 0 Å². The maximum Gasteiger partial charge on any atom is 0.231 e. The molecule has 0 aromatic carbocycles. The molecule has 0 aliphatic rings. The largest absolute Gasteiger partial charge is 0.369 e. The van der Waals surface area contributed by atoms with Gasteiger partial charge in [0.2, 0.25) is 5.91 Å². The minimum atomic E-state index is -0.294. The molecule has 5 heteroatoms. The van der Waals surface area contributed by atoms with E-state index >= 15 is 0 Å². The fourth-order valence-corrected chi connectivity index (χ4v) is 3.01. The molecule has 1 rings (SSSR count). The van der Waals surface area contributed by atoms with E-state index < -0.39 is 0 Å². The summed E-state index contributed by atoms with van der Waals surface area (Å²) in [6.45, 7) is 5.86. The molecular weight excluding hydrogens is 246 g/mol. The number of nitrogens with zero attached hydrogens (tertiary/aromatic N) is 1. The van der Waals surface area contributed by atoms with Gasteiger partial charge < -0.3 is 11.5 Å². The van der Waals surface area contributed by atoms with Crippen molar-refractivity contribution in [3.8, 4) is 0 Å². The van der Waals surface area contributed by atoms with Gasteiger partial charge in [0.15, 0.2) is 0 Å². The number of amides is 1. The molecule has 1 atom stereocenters. The Kier molecular flexibility index (Phi) is 6.32. The third-order valence-corrected chi connectivity index (χ3v) is 4.01. The van der Waals surface area contributed by atoms with E-state index in [1.165, 1.54) is 9.75 Å². The molecule has 0 aliphatic carbocycles. The van der Waals surface area contributed by atoms with E-state index in [-0.39, 0.29) is 18.5 Å². The van der Waals surface area contributed by atoms with Gasteiger partial charge in [-0.2, -0.15) is 0 Å². The van der Waals surface area contributed by atoms with Crippen LogP contribution in [0, 0.1) is 6.92 Å². The van der Waals surface area contributed by atoms with E-state index in [0.717, 1.165) is 19.4 Å². The predicted octanol–water partition coefficient (Wildman–Crippen LogP) is 1.64. The zero-order valence-electron chi connectivity index (χ0n) is 11.2. The van der Waals surface area contributed by atoms with Gasteiger partial charge in [-0.3, -0.25) is 9.69 Å². The highest BCUT2D eigenvalue weighted by molar-refractivity contribution is 7.12. The van der Waals surface area contributed by atoms with Crippen LogP contribution in [0.3, 0.4) is 0 Å². The lowest BCUT2D eigenvalue weighted by atomic mass is 10.1. The van der Waals surface area contributed by atoms with E-state index in [1.807, 2.05) is 0 Å². The van der Waals surface area contributed by atoms with Crippen molar-refractivity contribution in [2.75, 3.05) is 19.6 Å². The third-order valence-electron chi connectivity index (χ3n) is 2.91. The Morgan fingerprint density at radius 1 is 1.50 bits per heavy atom. The summed E-state index contributed by atoms with van der Waals surface area (Å²) < 4.78 is 0. The maximum absolute atomic E-state index is 11.2. The van der Waals surface area contributed by atoms with Crippen molar-refractivity contribution < 1.29 is 4.79 Å². The van der Waals surface area contributed by atoms with Crippen molar-refractivity contribution >= 4 is 17.2 Å². The summed E-state index contributed by atoms with van der Waals surface area (Å²) in [4.78, 5) is 15.7. The number of thiophene rings is 1. The van der Waals surface area contributed by atoms with Gasteiger partial charge in [-0.25, -0.2) is 0 Å². The number of aryl methyl sites for hydroxylation is 1. The molecule has 0 saturated carbocycles. The van der Waals surface area contributed by atoms with Crippen LogP contribution in [0.2, 0.25) is 0 Å². The van der Waals surface area contributed by atoms with Crippen molar-refractivity contribution in [1.29, 1.82) is 0 Å². The Bertz CT molecular complexity index is 378. The maximum atomic E-state index is 11.2. The van der Waals surface area contributed by atoms with Crippen LogP contribution >= 0.6 is 11.3 Å². The van der Waals surface area contributed by atoms with E-state index in [2.05, 4.69) is 30.9 Å². The number of carbonyl (C=O) groups excluding carboxylic acids is 1. The van der Waals surface area contributed by atoms with Crippen LogP contribution in [0.5, 0.6) is 0 Å². The van der Waals surface area contributed by atoms with Crippen LogP contribution in [0.15, 0.2) is 12.1 Å². The SMILES string of the molecule is CCCCN(CC(N)=O)C(CN)c1ccc(C)s1. The van der Waals surface area contributed by atoms with Crippen LogP contribution in [0.25, 0.3) is 0 Å². The Hall–Kier alpha value is -0.910. The minimum Gasteiger partial charge on any atom is -0.369 e. The van der Waals surface area contributed by atoms with Crippen molar-refractivity contribution in [3.05, 3.63) is 21.9 Å². The van der Waals surface area contributed by atoms with E-state index in [9.17, 15) is 4.79 Å². The first-order valence-electron chi connectivity index (χ1n) is 6.37. The van der Waals surface area contributed by atoms with Crippen molar-refractivity contribution in [3.63, 3.8) is 0 Å². The van der Waals surface area contributed by atoms with Crippen molar-refractivity contribution in [1.82, 2.24) is 4.90 Å². The summed E-state index contributed by atoms with van der Waals surface area (Å²) in [5, 5.41) is 0.